The van der Waals surface area contributed by atoms with Crippen molar-refractivity contribution in [2.45, 2.75) is 19.8 Å². The normalized spacial score (nSPS) is 11.5. The Bertz CT molecular complexity index is 357. The molecule has 1 unspecified atom stereocenters. The third-order valence-corrected chi connectivity index (χ3v) is 2.51. The average molecular weight is 286 g/mol. The molecule has 0 aliphatic rings. The van der Waals surface area contributed by atoms with Crippen LogP contribution in [0.4, 0.5) is 4.79 Å². The first-order valence-corrected chi connectivity index (χ1v) is 6.31. The summed E-state index contributed by atoms with van der Waals surface area (Å²) in [7, 11) is 1.52. The van der Waals surface area contributed by atoms with E-state index >= 15 is 0 Å². The van der Waals surface area contributed by atoms with E-state index in [4.69, 9.17) is 9.84 Å². The third kappa shape index (κ3) is 8.25. The maximum atomic E-state index is 11.8. The molecule has 0 aliphatic carbocycles. The van der Waals surface area contributed by atoms with E-state index in [1.807, 2.05) is 0 Å². The molecule has 20 heavy (non-hydrogen) atoms. The van der Waals surface area contributed by atoms with Crippen LogP contribution >= 0.6 is 0 Å². The van der Waals surface area contributed by atoms with E-state index in [2.05, 4.69) is 11.9 Å². The molecule has 0 radical (unpaired) electrons. The number of carbonyl (C=O) groups is 3. The molecule has 2 N–H and O–H groups in total. The highest BCUT2D eigenvalue weighted by molar-refractivity contribution is 5.94. The van der Waals surface area contributed by atoms with Crippen LogP contribution in [-0.4, -0.2) is 54.7 Å². The second-order valence-corrected chi connectivity index (χ2v) is 4.49. The zero-order valence-electron chi connectivity index (χ0n) is 11.9. The molecular weight excluding hydrogens is 264 g/mol. The number of aliphatic carboxylic acids is 1. The van der Waals surface area contributed by atoms with Gasteiger partial charge < -0.3 is 14.7 Å². The Hall–Kier alpha value is -1.89. The monoisotopic (exact) mass is 286 g/mol. The zero-order valence-corrected chi connectivity index (χ0v) is 11.9. The first-order chi connectivity index (χ1) is 9.40. The summed E-state index contributed by atoms with van der Waals surface area (Å²) in [5, 5.41) is 10.8. The highest BCUT2D eigenvalue weighted by Crippen LogP contribution is 2.07. The predicted octanol–water partition coefficient (Wildman–Crippen LogP) is 0.858. The Morgan fingerprint density at radius 3 is 2.55 bits per heavy atom. The summed E-state index contributed by atoms with van der Waals surface area (Å²) in [5.41, 5.74) is 0. The van der Waals surface area contributed by atoms with Gasteiger partial charge in [-0.15, -0.1) is 6.58 Å². The van der Waals surface area contributed by atoms with Gasteiger partial charge >= 0.3 is 12.0 Å². The fourth-order valence-corrected chi connectivity index (χ4v) is 1.57. The molecule has 0 aromatic rings. The number of nitrogens with one attached hydrogen (secondary N) is 1. The molecule has 114 valence electrons. The van der Waals surface area contributed by atoms with Gasteiger partial charge in [-0.05, 0) is 5.92 Å². The van der Waals surface area contributed by atoms with Gasteiger partial charge in [0.1, 0.15) is 0 Å². The van der Waals surface area contributed by atoms with E-state index in [-0.39, 0.29) is 18.8 Å². The van der Waals surface area contributed by atoms with Crippen molar-refractivity contribution in [2.75, 3.05) is 26.8 Å². The second kappa shape index (κ2) is 9.96. The zero-order chi connectivity index (χ0) is 15.5. The minimum Gasteiger partial charge on any atom is -0.481 e. The first kappa shape index (κ1) is 18.1. The van der Waals surface area contributed by atoms with E-state index in [0.717, 1.165) is 0 Å². The van der Waals surface area contributed by atoms with Gasteiger partial charge in [-0.2, -0.15) is 0 Å². The van der Waals surface area contributed by atoms with Gasteiger partial charge in [0.05, 0.1) is 6.61 Å². The summed E-state index contributed by atoms with van der Waals surface area (Å²) >= 11 is 0. The molecule has 0 aliphatic heterocycles. The van der Waals surface area contributed by atoms with Gasteiger partial charge in [0.25, 0.3) is 0 Å². The number of amides is 3. The van der Waals surface area contributed by atoms with Gasteiger partial charge in [-0.25, -0.2) is 4.79 Å². The fraction of sp³-hybridized carbons (Fsp3) is 0.615. The summed E-state index contributed by atoms with van der Waals surface area (Å²) in [6, 6.07) is -0.533. The van der Waals surface area contributed by atoms with Crippen molar-refractivity contribution in [2.24, 2.45) is 5.92 Å². The van der Waals surface area contributed by atoms with Crippen LogP contribution in [-0.2, 0) is 14.3 Å². The fourth-order valence-electron chi connectivity index (χ4n) is 1.57. The number of rotatable bonds is 9. The van der Waals surface area contributed by atoms with E-state index in [9.17, 15) is 14.4 Å². The molecule has 0 bridgehead atoms. The quantitative estimate of drug-likeness (QED) is 0.613. The summed E-state index contributed by atoms with van der Waals surface area (Å²) in [6.07, 6.45) is 1.43. The lowest BCUT2D eigenvalue weighted by molar-refractivity contribution is -0.138. The molecule has 0 aromatic heterocycles. The van der Waals surface area contributed by atoms with Crippen LogP contribution in [0, 0.1) is 5.92 Å². The molecule has 0 rings (SSSR count). The Kier molecular flexibility index (Phi) is 9.02. The van der Waals surface area contributed by atoms with Gasteiger partial charge in [0.15, 0.2) is 0 Å². The predicted molar refractivity (Wildman–Crippen MR) is 73.2 cm³/mol. The topological polar surface area (TPSA) is 95.9 Å². The Labute approximate surface area is 118 Å². The van der Waals surface area contributed by atoms with Crippen molar-refractivity contribution < 1.29 is 24.2 Å². The average Bonchev–Trinajstić information content (AvgIpc) is 2.32. The number of urea groups is 1. The summed E-state index contributed by atoms with van der Waals surface area (Å²) in [5.74, 6) is -1.78. The number of hydrogen-bond acceptors (Lipinski definition) is 4. The van der Waals surface area contributed by atoms with Crippen LogP contribution in [0.1, 0.15) is 19.8 Å². The maximum Gasteiger partial charge on any atom is 0.324 e. The molecule has 7 nitrogen and oxygen atoms in total. The number of carbonyl (C=O) groups excluding carboxylic acids is 2. The first-order valence-electron chi connectivity index (χ1n) is 6.31. The second-order valence-electron chi connectivity index (χ2n) is 4.49. The number of nitrogens with zero attached hydrogens (tertiary/aromatic N) is 1. The third-order valence-electron chi connectivity index (χ3n) is 2.51. The van der Waals surface area contributed by atoms with Crippen LogP contribution < -0.4 is 5.32 Å². The number of carboxylic acids is 1. The highest BCUT2D eigenvalue weighted by atomic mass is 16.5. The van der Waals surface area contributed by atoms with Crippen molar-refractivity contribution in [1.29, 1.82) is 0 Å². The molecule has 0 fully saturated rings. The number of hydrogen-bond donors (Lipinski definition) is 2. The molecule has 0 heterocycles. The molecule has 3 amide bonds. The van der Waals surface area contributed by atoms with Crippen molar-refractivity contribution in [3.63, 3.8) is 0 Å². The largest absolute Gasteiger partial charge is 0.481 e. The summed E-state index contributed by atoms with van der Waals surface area (Å²) in [6.45, 7) is 6.17. The van der Waals surface area contributed by atoms with Crippen LogP contribution in [0.5, 0.6) is 0 Å². The molecule has 7 heteroatoms. The minimum absolute atomic E-state index is 0.00968. The molecule has 0 saturated heterocycles. The summed E-state index contributed by atoms with van der Waals surface area (Å²) < 4.78 is 4.88. The molecule has 1 atom stereocenters. The highest BCUT2D eigenvalue weighted by Gasteiger charge is 2.18. The van der Waals surface area contributed by atoms with Gasteiger partial charge in [0, 0.05) is 33.0 Å². The van der Waals surface area contributed by atoms with Crippen molar-refractivity contribution in [3.8, 4) is 0 Å². The lowest BCUT2D eigenvalue weighted by Gasteiger charge is -2.21. The van der Waals surface area contributed by atoms with E-state index in [1.54, 1.807) is 13.0 Å². The van der Waals surface area contributed by atoms with E-state index in [1.165, 1.54) is 12.0 Å². The smallest absolute Gasteiger partial charge is 0.324 e. The Morgan fingerprint density at radius 1 is 1.40 bits per heavy atom. The number of ether oxygens (including phenoxy) is 1. The van der Waals surface area contributed by atoms with Crippen LogP contribution in [0.15, 0.2) is 12.7 Å². The van der Waals surface area contributed by atoms with Crippen LogP contribution in [0.2, 0.25) is 0 Å². The number of carboxylic acid groups (broad SMARTS) is 1. The molecule has 0 saturated carbocycles. The van der Waals surface area contributed by atoms with E-state index in [0.29, 0.717) is 19.7 Å². The lowest BCUT2D eigenvalue weighted by Crippen LogP contribution is -2.44. The maximum absolute atomic E-state index is 11.8. The number of imide groups is 1. The van der Waals surface area contributed by atoms with Gasteiger partial charge in [-0.1, -0.05) is 13.0 Å². The Morgan fingerprint density at radius 2 is 2.05 bits per heavy atom. The molecular formula is C13H22N2O5. The van der Waals surface area contributed by atoms with Gasteiger partial charge in [-0.3, -0.25) is 14.9 Å². The summed E-state index contributed by atoms with van der Waals surface area (Å²) in [4.78, 5) is 35.3. The van der Waals surface area contributed by atoms with Gasteiger partial charge in [0.2, 0.25) is 5.91 Å². The molecule has 0 spiro atoms. The van der Waals surface area contributed by atoms with Crippen LogP contribution in [0.3, 0.4) is 0 Å². The Balaban J connectivity index is 4.28. The van der Waals surface area contributed by atoms with Crippen molar-refractivity contribution in [1.82, 2.24) is 10.2 Å². The number of methoxy groups -OCH3 is 1. The van der Waals surface area contributed by atoms with Crippen LogP contribution in [0.25, 0.3) is 0 Å². The minimum atomic E-state index is -0.968. The van der Waals surface area contributed by atoms with E-state index < -0.39 is 17.9 Å². The standard InChI is InChI=1S/C13H22N2O5/c1-4-5-15(6-7-20-3)13(19)14-11(16)8-10(2)9-12(17)18/h4,10H,1,5-9H2,2-3H3,(H,17,18)(H,14,16,19). The SMILES string of the molecule is C=CCN(CCOC)C(=O)NC(=O)CC(C)CC(=O)O. The van der Waals surface area contributed by atoms with Crippen molar-refractivity contribution in [3.05, 3.63) is 12.7 Å². The molecule has 0 aromatic carbocycles. The van der Waals surface area contributed by atoms with Crippen molar-refractivity contribution >= 4 is 17.9 Å². The lowest BCUT2D eigenvalue weighted by atomic mass is 10.0.